The van der Waals surface area contributed by atoms with Gasteiger partial charge in [-0.2, -0.15) is 0 Å². The van der Waals surface area contributed by atoms with Crippen LogP contribution in [0.25, 0.3) is 0 Å². The third-order valence-corrected chi connectivity index (χ3v) is 3.99. The van der Waals surface area contributed by atoms with E-state index in [0.29, 0.717) is 11.6 Å². The van der Waals surface area contributed by atoms with Crippen molar-refractivity contribution in [3.63, 3.8) is 0 Å². The van der Waals surface area contributed by atoms with Crippen LogP contribution >= 0.6 is 11.6 Å². The third kappa shape index (κ3) is 5.10. The summed E-state index contributed by atoms with van der Waals surface area (Å²) >= 11 is 5.84. The number of halogens is 1. The average molecular weight is 345 g/mol. The highest BCUT2D eigenvalue weighted by atomic mass is 35.5. The van der Waals surface area contributed by atoms with Crippen molar-refractivity contribution in [1.29, 1.82) is 0 Å². The van der Waals surface area contributed by atoms with Crippen LogP contribution in [0.4, 0.5) is 5.69 Å². The Morgan fingerprint density at radius 2 is 1.58 bits per heavy atom. The molecule has 2 amide bonds. The second-order valence-electron chi connectivity index (χ2n) is 5.53. The maximum Gasteiger partial charge on any atom is 0.240 e. The molecule has 0 aromatic heterocycles. The molecule has 1 N–H and O–H groups in total. The van der Waals surface area contributed by atoms with Crippen LogP contribution in [0.1, 0.15) is 25.0 Å². The van der Waals surface area contributed by atoms with E-state index in [9.17, 15) is 9.59 Å². The van der Waals surface area contributed by atoms with Crippen LogP contribution in [-0.4, -0.2) is 18.4 Å². The minimum absolute atomic E-state index is 0.00556. The lowest BCUT2D eigenvalue weighted by molar-refractivity contribution is -0.123. The van der Waals surface area contributed by atoms with E-state index in [1.165, 1.54) is 17.4 Å². The van der Waals surface area contributed by atoms with E-state index in [-0.39, 0.29) is 18.4 Å². The van der Waals surface area contributed by atoms with Gasteiger partial charge in [0.05, 0.1) is 0 Å². The lowest BCUT2D eigenvalue weighted by Gasteiger charge is -2.21. The number of carbonyl (C=O) groups is 2. The molecule has 2 aromatic carbocycles. The fourth-order valence-corrected chi connectivity index (χ4v) is 2.42. The molecule has 126 valence electrons. The van der Waals surface area contributed by atoms with Crippen molar-refractivity contribution in [2.24, 2.45) is 0 Å². The number of amides is 2. The SMILES string of the molecule is CCc1ccc(N(CC(=O)NCc2ccc(Cl)cc2)C(C)=O)cc1. The molecule has 0 atom stereocenters. The monoisotopic (exact) mass is 344 g/mol. The number of anilines is 1. The van der Waals surface area contributed by atoms with Gasteiger partial charge in [-0.3, -0.25) is 9.59 Å². The number of hydrogen-bond acceptors (Lipinski definition) is 2. The van der Waals surface area contributed by atoms with Crippen LogP contribution in [0.3, 0.4) is 0 Å². The summed E-state index contributed by atoms with van der Waals surface area (Å²) in [6.45, 7) is 3.92. The molecule has 0 fully saturated rings. The zero-order valence-electron chi connectivity index (χ0n) is 13.9. The minimum Gasteiger partial charge on any atom is -0.350 e. The lowest BCUT2D eigenvalue weighted by Crippen LogP contribution is -2.39. The van der Waals surface area contributed by atoms with Crippen molar-refractivity contribution in [3.05, 3.63) is 64.7 Å². The molecule has 4 nitrogen and oxygen atoms in total. The molecule has 0 saturated heterocycles. The van der Waals surface area contributed by atoms with Gasteiger partial charge in [-0.15, -0.1) is 0 Å². The summed E-state index contributed by atoms with van der Waals surface area (Å²) in [6.07, 6.45) is 0.932. The van der Waals surface area contributed by atoms with Gasteiger partial charge in [0.1, 0.15) is 6.54 Å². The summed E-state index contributed by atoms with van der Waals surface area (Å²) in [6, 6.07) is 14.9. The van der Waals surface area contributed by atoms with Crippen molar-refractivity contribution >= 4 is 29.1 Å². The van der Waals surface area contributed by atoms with Gasteiger partial charge in [-0.1, -0.05) is 42.8 Å². The van der Waals surface area contributed by atoms with E-state index in [0.717, 1.165) is 17.7 Å². The first-order valence-electron chi connectivity index (χ1n) is 7.87. The van der Waals surface area contributed by atoms with E-state index in [4.69, 9.17) is 11.6 Å². The summed E-state index contributed by atoms with van der Waals surface area (Å²) in [7, 11) is 0. The van der Waals surface area contributed by atoms with Crippen molar-refractivity contribution in [1.82, 2.24) is 5.32 Å². The molecule has 0 saturated carbocycles. The van der Waals surface area contributed by atoms with Gasteiger partial charge in [-0.05, 0) is 41.8 Å². The first-order chi connectivity index (χ1) is 11.5. The van der Waals surface area contributed by atoms with Gasteiger partial charge in [0, 0.05) is 24.2 Å². The van der Waals surface area contributed by atoms with Crippen LogP contribution in [0.15, 0.2) is 48.5 Å². The zero-order valence-corrected chi connectivity index (χ0v) is 14.6. The Bertz CT molecular complexity index is 696. The Labute approximate surface area is 147 Å². The number of benzene rings is 2. The molecule has 0 bridgehead atoms. The molecule has 5 heteroatoms. The maximum absolute atomic E-state index is 12.2. The van der Waals surface area contributed by atoms with E-state index in [1.807, 2.05) is 36.4 Å². The molecule has 0 spiro atoms. The summed E-state index contributed by atoms with van der Waals surface area (Å²) in [5.74, 6) is -0.374. The Morgan fingerprint density at radius 3 is 2.12 bits per heavy atom. The summed E-state index contributed by atoms with van der Waals surface area (Å²) in [5.41, 5.74) is 2.87. The molecule has 0 aliphatic heterocycles. The number of nitrogens with one attached hydrogen (secondary N) is 1. The van der Waals surface area contributed by atoms with Crippen LogP contribution in [0.2, 0.25) is 5.02 Å². The summed E-state index contributed by atoms with van der Waals surface area (Å²) in [5, 5.41) is 3.48. The van der Waals surface area contributed by atoms with Gasteiger partial charge in [0.15, 0.2) is 0 Å². The molecule has 0 radical (unpaired) electrons. The largest absolute Gasteiger partial charge is 0.350 e. The molecule has 0 aliphatic rings. The van der Waals surface area contributed by atoms with E-state index in [1.54, 1.807) is 12.1 Å². The van der Waals surface area contributed by atoms with Crippen LogP contribution in [0.5, 0.6) is 0 Å². The van der Waals surface area contributed by atoms with Gasteiger partial charge >= 0.3 is 0 Å². The smallest absolute Gasteiger partial charge is 0.240 e. The van der Waals surface area contributed by atoms with Crippen LogP contribution < -0.4 is 10.2 Å². The fraction of sp³-hybridized carbons (Fsp3) is 0.263. The molecule has 2 rings (SSSR count). The summed E-state index contributed by atoms with van der Waals surface area (Å²) < 4.78 is 0. The first kappa shape index (κ1) is 18.0. The first-order valence-corrected chi connectivity index (χ1v) is 8.25. The standard InChI is InChI=1S/C19H21ClN2O2/c1-3-15-6-10-18(11-7-15)22(14(2)23)13-19(24)21-12-16-4-8-17(20)9-5-16/h4-11H,3,12-13H2,1-2H3,(H,21,24). The van der Waals surface area contributed by atoms with Gasteiger partial charge in [0.2, 0.25) is 11.8 Å². The van der Waals surface area contributed by atoms with E-state index in [2.05, 4.69) is 12.2 Å². The lowest BCUT2D eigenvalue weighted by atomic mass is 10.1. The fourth-order valence-electron chi connectivity index (χ4n) is 2.30. The van der Waals surface area contributed by atoms with Crippen molar-refractivity contribution < 1.29 is 9.59 Å². The van der Waals surface area contributed by atoms with Gasteiger partial charge < -0.3 is 10.2 Å². The van der Waals surface area contributed by atoms with Crippen molar-refractivity contribution in [2.45, 2.75) is 26.8 Å². The van der Waals surface area contributed by atoms with Crippen LogP contribution in [0, 0.1) is 0 Å². The number of hydrogen-bond donors (Lipinski definition) is 1. The molecule has 0 unspecified atom stereocenters. The molecule has 24 heavy (non-hydrogen) atoms. The topological polar surface area (TPSA) is 49.4 Å². The Kier molecular flexibility index (Phi) is 6.38. The summed E-state index contributed by atoms with van der Waals surface area (Å²) in [4.78, 5) is 25.5. The zero-order chi connectivity index (χ0) is 17.5. The number of carbonyl (C=O) groups excluding carboxylic acids is 2. The molecular weight excluding hydrogens is 324 g/mol. The van der Waals surface area contributed by atoms with Gasteiger partial charge in [-0.25, -0.2) is 0 Å². The normalized spacial score (nSPS) is 10.3. The van der Waals surface area contributed by atoms with Gasteiger partial charge in [0.25, 0.3) is 0 Å². The highest BCUT2D eigenvalue weighted by Gasteiger charge is 2.15. The van der Waals surface area contributed by atoms with Crippen molar-refractivity contribution in [2.75, 3.05) is 11.4 Å². The highest BCUT2D eigenvalue weighted by Crippen LogP contribution is 2.16. The third-order valence-electron chi connectivity index (χ3n) is 3.74. The number of rotatable bonds is 6. The van der Waals surface area contributed by atoms with Crippen molar-refractivity contribution in [3.8, 4) is 0 Å². The Balaban J connectivity index is 1.97. The maximum atomic E-state index is 12.2. The Hall–Kier alpha value is -2.33. The number of aryl methyl sites for hydroxylation is 1. The quantitative estimate of drug-likeness (QED) is 0.870. The second-order valence-corrected chi connectivity index (χ2v) is 5.96. The Morgan fingerprint density at radius 1 is 1.00 bits per heavy atom. The molecule has 2 aromatic rings. The molecular formula is C19H21ClN2O2. The predicted octanol–water partition coefficient (Wildman–Crippen LogP) is 3.57. The van der Waals surface area contributed by atoms with E-state index < -0.39 is 0 Å². The van der Waals surface area contributed by atoms with E-state index >= 15 is 0 Å². The molecule has 0 heterocycles. The van der Waals surface area contributed by atoms with Crippen LogP contribution in [-0.2, 0) is 22.6 Å². The highest BCUT2D eigenvalue weighted by molar-refractivity contribution is 6.30. The number of nitrogens with zero attached hydrogens (tertiary/aromatic N) is 1. The average Bonchev–Trinajstić information content (AvgIpc) is 2.59. The second kappa shape index (κ2) is 8.50. The predicted molar refractivity (Wildman–Crippen MR) is 97.1 cm³/mol. The molecule has 0 aliphatic carbocycles. The minimum atomic E-state index is -0.209.